The number of hydrogen-bond donors (Lipinski definition) is 2. The van der Waals surface area contributed by atoms with Crippen molar-refractivity contribution in [3.05, 3.63) is 18.1 Å². The van der Waals surface area contributed by atoms with Crippen LogP contribution < -0.4 is 16.0 Å². The van der Waals surface area contributed by atoms with Gasteiger partial charge >= 0.3 is 0 Å². The third kappa shape index (κ3) is 7.39. The lowest BCUT2D eigenvalue weighted by Crippen LogP contribution is -2.28. The van der Waals surface area contributed by atoms with E-state index in [-0.39, 0.29) is 6.04 Å². The molecule has 0 saturated carbocycles. The first-order chi connectivity index (χ1) is 10.3. The lowest BCUT2D eigenvalue weighted by Gasteiger charge is -2.15. The van der Waals surface area contributed by atoms with Gasteiger partial charge in [0.15, 0.2) is 0 Å². The fourth-order valence-electron chi connectivity index (χ4n) is 2.45. The topological polar surface area (TPSA) is 73.1 Å². The van der Waals surface area contributed by atoms with Crippen LogP contribution >= 0.6 is 0 Å². The second-order valence-electron chi connectivity index (χ2n) is 5.47. The molecule has 0 radical (unpaired) electrons. The van der Waals surface area contributed by atoms with E-state index in [1.165, 1.54) is 51.3 Å². The second kappa shape index (κ2) is 11.5. The zero-order chi connectivity index (χ0) is 15.3. The molecule has 5 heteroatoms. The molecule has 1 atom stereocenters. The zero-order valence-electron chi connectivity index (χ0n) is 13.5. The van der Waals surface area contributed by atoms with Crippen molar-refractivity contribution in [2.45, 2.75) is 70.8 Å². The summed E-state index contributed by atoms with van der Waals surface area (Å²) in [7, 11) is 1.61. The average molecular weight is 294 g/mol. The van der Waals surface area contributed by atoms with E-state index in [0.717, 1.165) is 18.5 Å². The molecular weight excluding hydrogens is 264 g/mol. The molecule has 1 heterocycles. The number of nitrogens with one attached hydrogen (secondary N) is 1. The summed E-state index contributed by atoms with van der Waals surface area (Å²) in [6, 6.07) is 1.91. The molecule has 1 aromatic heterocycles. The highest BCUT2D eigenvalue weighted by Crippen LogP contribution is 2.20. The molecule has 120 valence electrons. The highest BCUT2D eigenvalue weighted by atomic mass is 16.5. The number of unbranched alkanes of at least 4 members (excludes halogenated alkanes) is 7. The first kappa shape index (κ1) is 17.9. The fraction of sp³-hybridized carbons (Fsp3) is 0.750. The predicted octanol–water partition coefficient (Wildman–Crippen LogP) is 3.52. The minimum absolute atomic E-state index is 0.0713. The molecule has 0 aromatic carbocycles. The summed E-state index contributed by atoms with van der Waals surface area (Å²) >= 11 is 0. The van der Waals surface area contributed by atoms with E-state index in [1.807, 2.05) is 6.07 Å². The van der Waals surface area contributed by atoms with Gasteiger partial charge < -0.3 is 4.74 Å². The van der Waals surface area contributed by atoms with Crippen LogP contribution in [0.15, 0.2) is 12.4 Å². The van der Waals surface area contributed by atoms with Crippen molar-refractivity contribution in [1.29, 1.82) is 0 Å². The maximum atomic E-state index is 5.64. The molecule has 0 fully saturated rings. The summed E-state index contributed by atoms with van der Waals surface area (Å²) in [5, 5.41) is 0. The number of ether oxygens (including phenoxy) is 1. The Balaban J connectivity index is 2.22. The van der Waals surface area contributed by atoms with Gasteiger partial charge in [0.1, 0.15) is 6.33 Å². The fourth-order valence-corrected chi connectivity index (χ4v) is 2.45. The van der Waals surface area contributed by atoms with Crippen LogP contribution in [0.3, 0.4) is 0 Å². The molecular formula is C16H30N4O. The molecule has 1 unspecified atom stereocenters. The lowest BCUT2D eigenvalue weighted by atomic mass is 10.0. The van der Waals surface area contributed by atoms with Crippen LogP contribution in [0.4, 0.5) is 0 Å². The van der Waals surface area contributed by atoms with E-state index in [2.05, 4.69) is 22.3 Å². The van der Waals surface area contributed by atoms with E-state index in [4.69, 9.17) is 10.6 Å². The summed E-state index contributed by atoms with van der Waals surface area (Å²) in [5.74, 6) is 6.22. The maximum absolute atomic E-state index is 5.64. The highest BCUT2D eigenvalue weighted by Gasteiger charge is 2.12. The molecule has 0 aliphatic carbocycles. The number of nitrogens with two attached hydrogens (primary N) is 1. The van der Waals surface area contributed by atoms with E-state index < -0.39 is 0 Å². The first-order valence-electron chi connectivity index (χ1n) is 8.13. The van der Waals surface area contributed by atoms with Gasteiger partial charge in [-0.1, -0.05) is 58.3 Å². The van der Waals surface area contributed by atoms with E-state index in [0.29, 0.717) is 5.88 Å². The Kier molecular flexibility index (Phi) is 9.74. The van der Waals surface area contributed by atoms with Gasteiger partial charge in [0.25, 0.3) is 0 Å². The van der Waals surface area contributed by atoms with Crippen LogP contribution in [0.2, 0.25) is 0 Å². The number of hydrogen-bond acceptors (Lipinski definition) is 5. The second-order valence-corrected chi connectivity index (χ2v) is 5.47. The van der Waals surface area contributed by atoms with Crippen LogP contribution in [-0.2, 0) is 0 Å². The van der Waals surface area contributed by atoms with Crippen LogP contribution in [-0.4, -0.2) is 17.1 Å². The summed E-state index contributed by atoms with van der Waals surface area (Å²) < 4.78 is 5.12. The van der Waals surface area contributed by atoms with Crippen LogP contribution in [0, 0.1) is 0 Å². The maximum Gasteiger partial charge on any atom is 0.216 e. The largest absolute Gasteiger partial charge is 0.481 e. The first-order valence-corrected chi connectivity index (χ1v) is 8.13. The van der Waals surface area contributed by atoms with E-state index >= 15 is 0 Å². The lowest BCUT2D eigenvalue weighted by molar-refractivity contribution is 0.392. The minimum Gasteiger partial charge on any atom is -0.481 e. The molecule has 21 heavy (non-hydrogen) atoms. The molecule has 0 spiro atoms. The van der Waals surface area contributed by atoms with Gasteiger partial charge in [-0.05, 0) is 6.42 Å². The number of aromatic nitrogens is 2. The Morgan fingerprint density at radius 3 is 2.38 bits per heavy atom. The number of methoxy groups -OCH3 is 1. The standard InChI is InChI=1S/C16H30N4O/c1-3-4-5-6-7-8-9-10-11-14(20-17)15-12-16(21-2)19-13-18-15/h12-14,20H,3-11,17H2,1-2H3. The normalized spacial score (nSPS) is 12.3. The van der Waals surface area contributed by atoms with E-state index in [9.17, 15) is 0 Å². The van der Waals surface area contributed by atoms with Gasteiger partial charge in [-0.2, -0.15) is 0 Å². The molecule has 0 aliphatic rings. The number of rotatable bonds is 12. The molecule has 1 aromatic rings. The van der Waals surface area contributed by atoms with Gasteiger partial charge in [0, 0.05) is 6.07 Å². The Morgan fingerprint density at radius 1 is 1.10 bits per heavy atom. The van der Waals surface area contributed by atoms with Gasteiger partial charge in [-0.3, -0.25) is 11.3 Å². The van der Waals surface area contributed by atoms with Crippen LogP contribution in [0.5, 0.6) is 5.88 Å². The summed E-state index contributed by atoms with van der Waals surface area (Å²) in [4.78, 5) is 8.29. The van der Waals surface area contributed by atoms with Crippen molar-refractivity contribution in [3.8, 4) is 5.88 Å². The van der Waals surface area contributed by atoms with Gasteiger partial charge in [0.2, 0.25) is 5.88 Å². The Hall–Kier alpha value is -1.20. The monoisotopic (exact) mass is 294 g/mol. The minimum atomic E-state index is 0.0713. The summed E-state index contributed by atoms with van der Waals surface area (Å²) in [6.07, 6.45) is 13.0. The summed E-state index contributed by atoms with van der Waals surface area (Å²) in [6.45, 7) is 2.25. The van der Waals surface area contributed by atoms with E-state index in [1.54, 1.807) is 7.11 Å². The molecule has 0 amide bonds. The van der Waals surface area contributed by atoms with Gasteiger partial charge in [-0.15, -0.1) is 0 Å². The summed E-state index contributed by atoms with van der Waals surface area (Å²) in [5.41, 5.74) is 3.74. The number of hydrazine groups is 1. The molecule has 0 aliphatic heterocycles. The highest BCUT2D eigenvalue weighted by molar-refractivity contribution is 5.16. The SMILES string of the molecule is CCCCCCCCCCC(NN)c1cc(OC)ncn1. The molecule has 0 bridgehead atoms. The zero-order valence-corrected chi connectivity index (χ0v) is 13.5. The van der Waals surface area contributed by atoms with Crippen molar-refractivity contribution < 1.29 is 4.74 Å². The third-order valence-corrected chi connectivity index (χ3v) is 3.78. The Labute approximate surface area is 128 Å². The van der Waals surface area contributed by atoms with Crippen molar-refractivity contribution in [2.75, 3.05) is 7.11 Å². The molecule has 3 N–H and O–H groups in total. The van der Waals surface area contributed by atoms with Crippen LogP contribution in [0.1, 0.15) is 76.4 Å². The molecule has 5 nitrogen and oxygen atoms in total. The van der Waals surface area contributed by atoms with Gasteiger partial charge in [-0.25, -0.2) is 9.97 Å². The molecule has 1 rings (SSSR count). The third-order valence-electron chi connectivity index (χ3n) is 3.78. The van der Waals surface area contributed by atoms with Crippen molar-refractivity contribution in [3.63, 3.8) is 0 Å². The Bertz CT molecular complexity index is 373. The van der Waals surface area contributed by atoms with Crippen molar-refractivity contribution in [2.24, 2.45) is 5.84 Å². The van der Waals surface area contributed by atoms with Crippen LogP contribution in [0.25, 0.3) is 0 Å². The average Bonchev–Trinajstić information content (AvgIpc) is 2.53. The van der Waals surface area contributed by atoms with Crippen molar-refractivity contribution in [1.82, 2.24) is 15.4 Å². The predicted molar refractivity (Wildman–Crippen MR) is 85.9 cm³/mol. The molecule has 0 saturated heterocycles. The number of nitrogens with zero attached hydrogens (tertiary/aromatic N) is 2. The van der Waals surface area contributed by atoms with Crippen molar-refractivity contribution >= 4 is 0 Å². The van der Waals surface area contributed by atoms with Gasteiger partial charge in [0.05, 0.1) is 18.8 Å². The quantitative estimate of drug-likeness (QED) is 0.350. The Morgan fingerprint density at radius 2 is 1.76 bits per heavy atom. The smallest absolute Gasteiger partial charge is 0.216 e.